The Morgan fingerprint density at radius 1 is 1.22 bits per heavy atom. The highest BCUT2D eigenvalue weighted by Crippen LogP contribution is 2.20. The van der Waals surface area contributed by atoms with Crippen molar-refractivity contribution in [2.45, 2.75) is 12.8 Å². The maximum atomic E-state index is 11.9. The minimum Gasteiger partial charge on any atom is -0.481 e. The second-order valence-corrected chi connectivity index (χ2v) is 5.23. The molecule has 18 heavy (non-hydrogen) atoms. The number of nitrogens with zero attached hydrogens (tertiary/aromatic N) is 3. The summed E-state index contributed by atoms with van der Waals surface area (Å²) in [6, 6.07) is 0.00962. The Hall–Kier alpha value is -1.30. The molecular formula is C12H23N3O3. The number of carboxylic acid groups (broad SMARTS) is 1. The summed E-state index contributed by atoms with van der Waals surface area (Å²) in [5.74, 6) is -0.659. The molecule has 1 saturated heterocycles. The van der Waals surface area contributed by atoms with Crippen molar-refractivity contribution in [3.8, 4) is 0 Å². The molecule has 0 atom stereocenters. The van der Waals surface area contributed by atoms with Gasteiger partial charge in [-0.25, -0.2) is 4.79 Å². The first-order valence-electron chi connectivity index (χ1n) is 6.26. The summed E-state index contributed by atoms with van der Waals surface area (Å²) in [4.78, 5) is 27.9. The van der Waals surface area contributed by atoms with E-state index in [1.165, 1.54) is 0 Å². The number of urea groups is 1. The Kier molecular flexibility index (Phi) is 5.40. The quantitative estimate of drug-likeness (QED) is 0.748. The molecule has 1 N–H and O–H groups in total. The molecule has 0 spiro atoms. The standard InChI is InChI=1S/C12H23N3O3/c1-13(2)5-4-6-14(3)12(18)15-8-10(9-15)7-11(16)17/h10H,4-9H2,1-3H3,(H,16,17). The molecule has 104 valence electrons. The van der Waals surface area contributed by atoms with Crippen LogP contribution in [0.3, 0.4) is 0 Å². The number of amides is 2. The highest BCUT2D eigenvalue weighted by atomic mass is 16.4. The van der Waals surface area contributed by atoms with Crippen molar-refractivity contribution in [1.29, 1.82) is 0 Å². The molecule has 0 unspecified atom stereocenters. The summed E-state index contributed by atoms with van der Waals surface area (Å²) in [6.45, 7) is 2.84. The predicted molar refractivity (Wildman–Crippen MR) is 68.5 cm³/mol. The first-order chi connectivity index (χ1) is 8.40. The lowest BCUT2D eigenvalue weighted by atomic mass is 9.97. The third-order valence-electron chi connectivity index (χ3n) is 3.12. The second-order valence-electron chi connectivity index (χ2n) is 5.23. The molecule has 6 heteroatoms. The van der Waals surface area contributed by atoms with E-state index in [2.05, 4.69) is 4.90 Å². The van der Waals surface area contributed by atoms with E-state index >= 15 is 0 Å². The average Bonchev–Trinajstić information content (AvgIpc) is 2.20. The summed E-state index contributed by atoms with van der Waals surface area (Å²) >= 11 is 0. The van der Waals surface area contributed by atoms with Gasteiger partial charge in [0.05, 0.1) is 6.42 Å². The number of rotatable bonds is 6. The van der Waals surface area contributed by atoms with Gasteiger partial charge in [0.25, 0.3) is 0 Å². The summed E-state index contributed by atoms with van der Waals surface area (Å²) < 4.78 is 0. The summed E-state index contributed by atoms with van der Waals surface area (Å²) in [5.41, 5.74) is 0. The molecule has 2 amide bonds. The van der Waals surface area contributed by atoms with Gasteiger partial charge in [-0.15, -0.1) is 0 Å². The number of carboxylic acids is 1. The van der Waals surface area contributed by atoms with Crippen molar-refractivity contribution in [1.82, 2.24) is 14.7 Å². The van der Waals surface area contributed by atoms with Crippen molar-refractivity contribution in [2.24, 2.45) is 5.92 Å². The number of aliphatic carboxylic acids is 1. The Morgan fingerprint density at radius 2 is 1.83 bits per heavy atom. The molecule has 0 aromatic rings. The van der Waals surface area contributed by atoms with E-state index < -0.39 is 5.97 Å². The van der Waals surface area contributed by atoms with Crippen LogP contribution in [0.25, 0.3) is 0 Å². The molecule has 0 bridgehead atoms. The monoisotopic (exact) mass is 257 g/mol. The zero-order chi connectivity index (χ0) is 13.7. The molecule has 6 nitrogen and oxygen atoms in total. The molecule has 0 saturated carbocycles. The molecule has 1 rings (SSSR count). The zero-order valence-corrected chi connectivity index (χ0v) is 11.4. The van der Waals surface area contributed by atoms with Gasteiger partial charge in [0.1, 0.15) is 0 Å². The molecule has 1 heterocycles. The number of hydrogen-bond acceptors (Lipinski definition) is 3. The highest BCUT2D eigenvalue weighted by Gasteiger charge is 2.33. The van der Waals surface area contributed by atoms with Crippen LogP contribution in [0, 0.1) is 5.92 Å². The van der Waals surface area contributed by atoms with E-state index in [0.29, 0.717) is 13.1 Å². The smallest absolute Gasteiger partial charge is 0.319 e. The number of carbonyl (C=O) groups excluding carboxylic acids is 1. The van der Waals surface area contributed by atoms with Gasteiger partial charge in [-0.1, -0.05) is 0 Å². The molecule has 0 aliphatic carbocycles. The Balaban J connectivity index is 2.19. The van der Waals surface area contributed by atoms with E-state index in [0.717, 1.165) is 19.5 Å². The molecule has 1 aliphatic heterocycles. The Bertz CT molecular complexity index is 301. The number of likely N-dealkylation sites (tertiary alicyclic amines) is 1. The first kappa shape index (κ1) is 14.8. The van der Waals surface area contributed by atoms with Gasteiger partial charge in [0.15, 0.2) is 0 Å². The fourth-order valence-corrected chi connectivity index (χ4v) is 2.06. The third kappa shape index (κ3) is 4.52. The fourth-order valence-electron chi connectivity index (χ4n) is 2.06. The lowest BCUT2D eigenvalue weighted by Crippen LogP contribution is -2.54. The van der Waals surface area contributed by atoms with Gasteiger partial charge in [-0.3, -0.25) is 4.79 Å². The highest BCUT2D eigenvalue weighted by molar-refractivity contribution is 5.75. The van der Waals surface area contributed by atoms with Crippen molar-refractivity contribution in [3.05, 3.63) is 0 Å². The van der Waals surface area contributed by atoms with Gasteiger partial charge < -0.3 is 19.8 Å². The molecule has 1 fully saturated rings. The van der Waals surface area contributed by atoms with Crippen molar-refractivity contribution in [2.75, 3.05) is 47.3 Å². The maximum Gasteiger partial charge on any atom is 0.319 e. The van der Waals surface area contributed by atoms with Gasteiger partial charge >= 0.3 is 12.0 Å². The lowest BCUT2D eigenvalue weighted by molar-refractivity contribution is -0.139. The summed E-state index contributed by atoms with van der Waals surface area (Å²) in [6.07, 6.45) is 1.11. The zero-order valence-electron chi connectivity index (χ0n) is 11.4. The van der Waals surface area contributed by atoms with Crippen LogP contribution in [-0.4, -0.2) is 79.1 Å². The van der Waals surface area contributed by atoms with Crippen LogP contribution in [-0.2, 0) is 4.79 Å². The maximum absolute atomic E-state index is 11.9. The molecule has 0 radical (unpaired) electrons. The van der Waals surface area contributed by atoms with E-state index in [4.69, 9.17) is 5.11 Å². The van der Waals surface area contributed by atoms with Gasteiger partial charge in [-0.2, -0.15) is 0 Å². The SMILES string of the molecule is CN(C)CCCN(C)C(=O)N1CC(CC(=O)O)C1. The molecule has 1 aliphatic rings. The minimum absolute atomic E-state index is 0.00962. The Morgan fingerprint density at radius 3 is 2.33 bits per heavy atom. The van der Waals surface area contributed by atoms with Crippen LogP contribution in [0.15, 0.2) is 0 Å². The van der Waals surface area contributed by atoms with Crippen LogP contribution < -0.4 is 0 Å². The summed E-state index contributed by atoms with van der Waals surface area (Å²) in [5, 5.41) is 8.63. The van der Waals surface area contributed by atoms with Gasteiger partial charge in [0, 0.05) is 32.6 Å². The van der Waals surface area contributed by atoms with Crippen LogP contribution in [0.4, 0.5) is 4.79 Å². The number of carbonyl (C=O) groups is 2. The van der Waals surface area contributed by atoms with Crippen molar-refractivity contribution >= 4 is 12.0 Å². The van der Waals surface area contributed by atoms with Crippen LogP contribution in [0.1, 0.15) is 12.8 Å². The van der Waals surface area contributed by atoms with Crippen LogP contribution >= 0.6 is 0 Å². The van der Waals surface area contributed by atoms with Crippen LogP contribution in [0.2, 0.25) is 0 Å². The van der Waals surface area contributed by atoms with Crippen LogP contribution in [0.5, 0.6) is 0 Å². The number of hydrogen-bond donors (Lipinski definition) is 1. The fraction of sp³-hybridized carbons (Fsp3) is 0.833. The van der Waals surface area contributed by atoms with Crippen molar-refractivity contribution in [3.63, 3.8) is 0 Å². The second kappa shape index (κ2) is 6.58. The molecule has 0 aromatic carbocycles. The first-order valence-corrected chi connectivity index (χ1v) is 6.26. The van der Waals surface area contributed by atoms with Crippen molar-refractivity contribution < 1.29 is 14.7 Å². The lowest BCUT2D eigenvalue weighted by Gasteiger charge is -2.40. The van der Waals surface area contributed by atoms with Gasteiger partial charge in [0.2, 0.25) is 0 Å². The van der Waals surface area contributed by atoms with Gasteiger partial charge in [-0.05, 0) is 27.1 Å². The largest absolute Gasteiger partial charge is 0.481 e. The normalized spacial score (nSPS) is 15.7. The predicted octanol–water partition coefficient (Wildman–Crippen LogP) is 0.396. The minimum atomic E-state index is -0.786. The van der Waals surface area contributed by atoms with E-state index in [-0.39, 0.29) is 18.4 Å². The van der Waals surface area contributed by atoms with E-state index in [1.54, 1.807) is 16.8 Å². The molecular weight excluding hydrogens is 234 g/mol. The topological polar surface area (TPSA) is 64.1 Å². The molecule has 0 aromatic heterocycles. The van der Waals surface area contributed by atoms with E-state index in [1.807, 2.05) is 14.1 Å². The third-order valence-corrected chi connectivity index (χ3v) is 3.12. The Labute approximate surface area is 108 Å². The van der Waals surface area contributed by atoms with E-state index in [9.17, 15) is 9.59 Å². The summed E-state index contributed by atoms with van der Waals surface area (Å²) in [7, 11) is 5.81. The average molecular weight is 257 g/mol.